The maximum Gasteiger partial charge on any atom is 0.315 e. The summed E-state index contributed by atoms with van der Waals surface area (Å²) in [5.41, 5.74) is 0. The van der Waals surface area contributed by atoms with Crippen LogP contribution in [-0.2, 0) is 9.47 Å². The van der Waals surface area contributed by atoms with Gasteiger partial charge in [0.05, 0.1) is 18.8 Å². The Hall–Kier alpha value is -1.18. The van der Waals surface area contributed by atoms with Crippen LogP contribution in [0, 0.1) is 0 Å². The van der Waals surface area contributed by atoms with Crippen LogP contribution in [0.15, 0.2) is 4.42 Å². The molecule has 0 bridgehead atoms. The lowest BCUT2D eigenvalue weighted by Crippen LogP contribution is -2.26. The van der Waals surface area contributed by atoms with Crippen LogP contribution in [0.4, 0.5) is 6.01 Å². The molecule has 2 N–H and O–H groups in total. The molecule has 0 saturated heterocycles. The number of nitrogens with zero attached hydrogens (tertiary/aromatic N) is 2. The first-order valence-corrected chi connectivity index (χ1v) is 6.03. The molecular weight excluding hydrogens is 236 g/mol. The van der Waals surface area contributed by atoms with E-state index in [-0.39, 0.29) is 12.1 Å². The summed E-state index contributed by atoms with van der Waals surface area (Å²) >= 11 is 0. The van der Waals surface area contributed by atoms with Crippen molar-refractivity contribution in [2.24, 2.45) is 0 Å². The van der Waals surface area contributed by atoms with E-state index in [2.05, 4.69) is 20.8 Å². The molecule has 2 atom stereocenters. The van der Waals surface area contributed by atoms with Crippen LogP contribution in [0.25, 0.3) is 0 Å². The number of hydrogen-bond donors (Lipinski definition) is 2. The van der Waals surface area contributed by atoms with Gasteiger partial charge in [0.25, 0.3) is 0 Å². The van der Waals surface area contributed by atoms with Crippen molar-refractivity contribution in [2.75, 3.05) is 39.2 Å². The van der Waals surface area contributed by atoms with E-state index in [1.807, 2.05) is 13.8 Å². The van der Waals surface area contributed by atoms with E-state index in [9.17, 15) is 0 Å². The van der Waals surface area contributed by atoms with Gasteiger partial charge in [-0.25, -0.2) is 0 Å². The number of anilines is 1. The summed E-state index contributed by atoms with van der Waals surface area (Å²) in [4.78, 5) is 0. The summed E-state index contributed by atoms with van der Waals surface area (Å²) in [5.74, 6) is 0.569. The summed E-state index contributed by atoms with van der Waals surface area (Å²) in [6, 6.07) is 0.447. The van der Waals surface area contributed by atoms with Crippen LogP contribution >= 0.6 is 0 Å². The largest absolute Gasteiger partial charge is 0.406 e. The van der Waals surface area contributed by atoms with Gasteiger partial charge in [-0.1, -0.05) is 12.0 Å². The van der Waals surface area contributed by atoms with E-state index in [0.717, 1.165) is 6.54 Å². The van der Waals surface area contributed by atoms with E-state index in [0.29, 0.717) is 25.1 Å². The van der Waals surface area contributed by atoms with Crippen molar-refractivity contribution in [3.05, 3.63) is 5.89 Å². The third kappa shape index (κ3) is 4.59. The normalized spacial score (nSPS) is 14.4. The number of rotatable bonds is 9. The highest BCUT2D eigenvalue weighted by atomic mass is 16.5. The van der Waals surface area contributed by atoms with Crippen molar-refractivity contribution < 1.29 is 13.9 Å². The molecule has 0 aliphatic heterocycles. The van der Waals surface area contributed by atoms with Gasteiger partial charge in [0.15, 0.2) is 0 Å². The second-order valence-electron chi connectivity index (χ2n) is 3.92. The van der Waals surface area contributed by atoms with Gasteiger partial charge in [-0.15, -0.1) is 5.10 Å². The maximum absolute atomic E-state index is 5.48. The molecule has 0 saturated carbocycles. The molecule has 0 amide bonds. The zero-order chi connectivity index (χ0) is 13.4. The lowest BCUT2D eigenvalue weighted by Gasteiger charge is -2.13. The number of nitrogens with one attached hydrogen (secondary N) is 2. The van der Waals surface area contributed by atoms with Gasteiger partial charge in [0.1, 0.15) is 0 Å². The van der Waals surface area contributed by atoms with Crippen LogP contribution in [0.3, 0.4) is 0 Å². The molecule has 7 heteroatoms. The first-order valence-electron chi connectivity index (χ1n) is 6.03. The summed E-state index contributed by atoms with van der Waals surface area (Å²) in [7, 11) is 3.27. The van der Waals surface area contributed by atoms with E-state index >= 15 is 0 Å². The zero-order valence-corrected chi connectivity index (χ0v) is 11.4. The first-order chi connectivity index (χ1) is 8.71. The molecule has 104 valence electrons. The molecule has 0 aliphatic rings. The Morgan fingerprint density at radius 1 is 1.33 bits per heavy atom. The van der Waals surface area contributed by atoms with E-state index in [1.165, 1.54) is 0 Å². The highest BCUT2D eigenvalue weighted by Crippen LogP contribution is 2.13. The van der Waals surface area contributed by atoms with Crippen LogP contribution in [0.1, 0.15) is 25.8 Å². The molecule has 1 heterocycles. The Morgan fingerprint density at radius 3 is 2.72 bits per heavy atom. The number of methoxy groups -OCH3 is 2. The van der Waals surface area contributed by atoms with Gasteiger partial charge in [-0.05, 0) is 13.5 Å². The molecule has 0 fully saturated rings. The smallest absolute Gasteiger partial charge is 0.315 e. The molecule has 2 unspecified atom stereocenters. The molecule has 0 aliphatic carbocycles. The number of ether oxygens (including phenoxy) is 2. The van der Waals surface area contributed by atoms with Gasteiger partial charge in [-0.3, -0.25) is 0 Å². The lowest BCUT2D eigenvalue weighted by molar-refractivity contribution is 0.0362. The van der Waals surface area contributed by atoms with Crippen molar-refractivity contribution in [3.8, 4) is 0 Å². The van der Waals surface area contributed by atoms with E-state index in [1.54, 1.807) is 14.2 Å². The molecule has 1 aromatic rings. The molecule has 0 radical (unpaired) electrons. The highest BCUT2D eigenvalue weighted by Gasteiger charge is 2.14. The predicted molar refractivity (Wildman–Crippen MR) is 67.6 cm³/mol. The standard InChI is InChI=1S/C11H22N4O3/c1-5-12-8(2)10-14-15-11(18-10)13-6-9(17-4)7-16-3/h8-9,12H,5-7H2,1-4H3,(H,13,15). The third-order valence-electron chi connectivity index (χ3n) is 2.49. The Kier molecular flexibility index (Phi) is 6.63. The summed E-state index contributed by atoms with van der Waals surface area (Å²) < 4.78 is 15.7. The molecule has 0 spiro atoms. The van der Waals surface area contributed by atoms with Crippen LogP contribution in [0.5, 0.6) is 0 Å². The average molecular weight is 258 g/mol. The lowest BCUT2D eigenvalue weighted by atomic mass is 10.3. The summed E-state index contributed by atoms with van der Waals surface area (Å²) in [6.07, 6.45) is -0.0449. The minimum Gasteiger partial charge on any atom is -0.406 e. The minimum absolute atomic E-state index is 0.0449. The van der Waals surface area contributed by atoms with E-state index in [4.69, 9.17) is 13.9 Å². The van der Waals surface area contributed by atoms with Crippen molar-refractivity contribution >= 4 is 6.01 Å². The molecule has 18 heavy (non-hydrogen) atoms. The topological polar surface area (TPSA) is 81.4 Å². The van der Waals surface area contributed by atoms with Gasteiger partial charge < -0.3 is 24.5 Å². The van der Waals surface area contributed by atoms with Gasteiger partial charge in [0.2, 0.25) is 5.89 Å². The quantitative estimate of drug-likeness (QED) is 0.678. The monoisotopic (exact) mass is 258 g/mol. The van der Waals surface area contributed by atoms with Crippen LogP contribution in [-0.4, -0.2) is 50.2 Å². The highest BCUT2D eigenvalue weighted by molar-refractivity contribution is 5.17. The summed E-state index contributed by atoms with van der Waals surface area (Å²) in [5, 5.41) is 14.1. The van der Waals surface area contributed by atoms with Crippen LogP contribution in [0.2, 0.25) is 0 Å². The second kappa shape index (κ2) is 8.02. The molecule has 1 aromatic heterocycles. The minimum atomic E-state index is -0.0449. The summed E-state index contributed by atoms with van der Waals surface area (Å²) in [6.45, 7) is 5.93. The zero-order valence-electron chi connectivity index (χ0n) is 11.4. The van der Waals surface area contributed by atoms with Crippen LogP contribution < -0.4 is 10.6 Å². The van der Waals surface area contributed by atoms with E-state index < -0.39 is 0 Å². The molecule has 7 nitrogen and oxygen atoms in total. The van der Waals surface area contributed by atoms with Crippen molar-refractivity contribution in [3.63, 3.8) is 0 Å². The Balaban J connectivity index is 2.43. The fraction of sp³-hybridized carbons (Fsp3) is 0.818. The Bertz CT molecular complexity index is 332. The molecule has 0 aromatic carbocycles. The van der Waals surface area contributed by atoms with Gasteiger partial charge in [-0.2, -0.15) is 0 Å². The predicted octanol–water partition coefficient (Wildman–Crippen LogP) is 0.813. The first kappa shape index (κ1) is 14.9. The van der Waals surface area contributed by atoms with Crippen molar-refractivity contribution in [1.29, 1.82) is 0 Å². The second-order valence-corrected chi connectivity index (χ2v) is 3.92. The molecular formula is C11H22N4O3. The fourth-order valence-electron chi connectivity index (χ4n) is 1.47. The van der Waals surface area contributed by atoms with Gasteiger partial charge >= 0.3 is 6.01 Å². The molecule has 1 rings (SSSR count). The Morgan fingerprint density at radius 2 is 2.11 bits per heavy atom. The number of hydrogen-bond acceptors (Lipinski definition) is 7. The fourth-order valence-corrected chi connectivity index (χ4v) is 1.47. The van der Waals surface area contributed by atoms with Gasteiger partial charge in [0, 0.05) is 20.8 Å². The van der Waals surface area contributed by atoms with Crippen molar-refractivity contribution in [2.45, 2.75) is 26.0 Å². The third-order valence-corrected chi connectivity index (χ3v) is 2.49. The Labute approximate surface area is 107 Å². The average Bonchev–Trinajstić information content (AvgIpc) is 2.83. The maximum atomic E-state index is 5.48. The number of aromatic nitrogens is 2. The van der Waals surface area contributed by atoms with Crippen molar-refractivity contribution in [1.82, 2.24) is 15.5 Å². The SMILES string of the molecule is CCNC(C)c1nnc(NCC(COC)OC)o1.